The number of halogens is 2. The number of hydrogen-bond acceptors (Lipinski definition) is 9. The third-order valence-electron chi connectivity index (χ3n) is 14.1. The molecule has 3 atom stereocenters. The van der Waals surface area contributed by atoms with Gasteiger partial charge >= 0.3 is 6.01 Å². The summed E-state index contributed by atoms with van der Waals surface area (Å²) in [6, 6.07) is 28.7. The molecule has 0 N–H and O–H groups in total. The first-order valence-electron chi connectivity index (χ1n) is 23.1. The third kappa shape index (κ3) is 8.05. The first-order valence-corrected chi connectivity index (χ1v) is 25.0. The molecule has 3 aliphatic rings. The van der Waals surface area contributed by atoms with Crippen molar-refractivity contribution in [2.24, 2.45) is 5.92 Å². The maximum Gasteiger partial charge on any atom is 0.319 e. The van der Waals surface area contributed by atoms with Crippen LogP contribution in [0.1, 0.15) is 78.7 Å². The molecule has 0 bridgehead atoms. The number of fused-ring (bicyclic) bond motifs is 3. The van der Waals surface area contributed by atoms with Crippen molar-refractivity contribution in [1.29, 1.82) is 0 Å². The van der Waals surface area contributed by atoms with Crippen molar-refractivity contribution in [3.05, 3.63) is 108 Å². The van der Waals surface area contributed by atoms with E-state index < -0.39 is 14.1 Å². The van der Waals surface area contributed by atoms with E-state index in [1.807, 2.05) is 13.0 Å². The van der Waals surface area contributed by atoms with Gasteiger partial charge in [0.15, 0.2) is 12.6 Å². The van der Waals surface area contributed by atoms with Crippen LogP contribution in [0.4, 0.5) is 14.6 Å². The van der Waals surface area contributed by atoms with Crippen molar-refractivity contribution >= 4 is 46.2 Å². The number of benzene rings is 4. The van der Waals surface area contributed by atoms with Crippen molar-refractivity contribution in [3.8, 4) is 23.0 Å². The average Bonchev–Trinajstić information content (AvgIpc) is 3.87. The van der Waals surface area contributed by atoms with Crippen molar-refractivity contribution in [3.63, 3.8) is 0 Å². The molecule has 9 rings (SSSR count). The Labute approximate surface area is 377 Å². The van der Waals surface area contributed by atoms with Crippen LogP contribution in [0.3, 0.4) is 0 Å². The Kier molecular flexibility index (Phi) is 12.5. The smallest absolute Gasteiger partial charge is 0.319 e. The van der Waals surface area contributed by atoms with Crippen molar-refractivity contribution < 1.29 is 27.4 Å². The second-order valence-corrected chi connectivity index (χ2v) is 23.5. The van der Waals surface area contributed by atoms with E-state index in [4.69, 9.17) is 33.6 Å². The zero-order chi connectivity index (χ0) is 44.6. The molecule has 0 unspecified atom stereocenters. The zero-order valence-electron chi connectivity index (χ0n) is 38.1. The average molecular weight is 886 g/mol. The summed E-state index contributed by atoms with van der Waals surface area (Å²) in [6.45, 7) is 14.6. The molecule has 0 spiro atoms. The van der Waals surface area contributed by atoms with Crippen LogP contribution >= 0.6 is 0 Å². The monoisotopic (exact) mass is 885 g/mol. The third-order valence-corrected chi connectivity index (χ3v) is 19.1. The number of piperidine rings is 1. The lowest BCUT2D eigenvalue weighted by Crippen LogP contribution is -2.67. The molecular formula is C52H61F2N5O4Si. The van der Waals surface area contributed by atoms with Gasteiger partial charge in [0.2, 0.25) is 0 Å². The number of aryl methyl sites for hydroxylation is 1. The second-order valence-electron chi connectivity index (χ2n) is 19.2. The van der Waals surface area contributed by atoms with Gasteiger partial charge in [0.25, 0.3) is 8.32 Å². The van der Waals surface area contributed by atoms with Gasteiger partial charge in [-0.15, -0.1) is 0 Å². The highest BCUT2D eigenvalue weighted by atomic mass is 28.4. The first-order chi connectivity index (χ1) is 31.0. The molecule has 64 heavy (non-hydrogen) atoms. The highest BCUT2D eigenvalue weighted by Crippen LogP contribution is 2.45. The Morgan fingerprint density at radius 1 is 0.875 bits per heavy atom. The van der Waals surface area contributed by atoms with Crippen LogP contribution in [0.2, 0.25) is 5.04 Å². The van der Waals surface area contributed by atoms with Crippen LogP contribution < -0.4 is 24.7 Å². The fraction of sp³-hybridized carbons (Fsp3) is 0.442. The van der Waals surface area contributed by atoms with E-state index in [1.165, 1.54) is 23.5 Å². The molecule has 0 saturated carbocycles. The summed E-state index contributed by atoms with van der Waals surface area (Å²) >= 11 is 0. The fourth-order valence-corrected chi connectivity index (χ4v) is 15.7. The van der Waals surface area contributed by atoms with Gasteiger partial charge in [-0.1, -0.05) is 101 Å². The van der Waals surface area contributed by atoms with Crippen LogP contribution in [0.25, 0.3) is 32.9 Å². The Balaban J connectivity index is 1.06. The molecule has 0 amide bonds. The Morgan fingerprint density at radius 3 is 2.31 bits per heavy atom. The number of anilines is 1. The summed E-state index contributed by atoms with van der Waals surface area (Å²) in [5, 5.41) is 4.25. The van der Waals surface area contributed by atoms with Crippen LogP contribution in [-0.4, -0.2) is 86.5 Å². The topological polar surface area (TPSA) is 82.1 Å². The highest BCUT2D eigenvalue weighted by molar-refractivity contribution is 6.99. The summed E-state index contributed by atoms with van der Waals surface area (Å²) in [6.07, 6.45) is 8.17. The van der Waals surface area contributed by atoms with Gasteiger partial charge in [-0.25, -0.2) is 8.78 Å². The van der Waals surface area contributed by atoms with Crippen LogP contribution in [0, 0.1) is 17.6 Å². The minimum atomic E-state index is -2.73. The van der Waals surface area contributed by atoms with E-state index in [1.54, 1.807) is 18.3 Å². The van der Waals surface area contributed by atoms with Gasteiger partial charge in [0.05, 0.1) is 17.5 Å². The van der Waals surface area contributed by atoms with Gasteiger partial charge < -0.3 is 23.5 Å². The Bertz CT molecular complexity index is 2570. The number of methoxy groups -OCH3 is 1. The molecule has 12 heteroatoms. The summed E-state index contributed by atoms with van der Waals surface area (Å²) in [5.74, 6) is 0.550. The van der Waals surface area contributed by atoms with E-state index in [0.717, 1.165) is 58.2 Å². The molecule has 9 nitrogen and oxygen atoms in total. The molecule has 0 radical (unpaired) electrons. The van der Waals surface area contributed by atoms with Crippen molar-refractivity contribution in [1.82, 2.24) is 19.9 Å². The molecule has 5 heterocycles. The highest BCUT2D eigenvalue weighted by Gasteiger charge is 2.54. The van der Waals surface area contributed by atoms with E-state index in [2.05, 4.69) is 98.2 Å². The van der Waals surface area contributed by atoms with Gasteiger partial charge in [-0.05, 0) is 107 Å². The fourth-order valence-electron chi connectivity index (χ4n) is 11.1. The van der Waals surface area contributed by atoms with Gasteiger partial charge in [-0.3, -0.25) is 9.88 Å². The van der Waals surface area contributed by atoms with Gasteiger partial charge in [-0.2, -0.15) is 9.97 Å². The molecular weight excluding hydrogens is 825 g/mol. The van der Waals surface area contributed by atoms with Crippen LogP contribution in [0.15, 0.2) is 91.1 Å². The summed E-state index contributed by atoms with van der Waals surface area (Å²) in [5.41, 5.74) is 0.864. The van der Waals surface area contributed by atoms with E-state index in [0.29, 0.717) is 64.4 Å². The molecule has 6 aromatic rings. The lowest BCUT2D eigenvalue weighted by molar-refractivity contribution is 0.0512. The maximum atomic E-state index is 17.5. The zero-order valence-corrected chi connectivity index (χ0v) is 39.1. The Morgan fingerprint density at radius 2 is 1.62 bits per heavy atom. The first kappa shape index (κ1) is 44.2. The largest absolute Gasteiger partial charge is 0.468 e. The molecule has 3 aliphatic heterocycles. The molecule has 3 fully saturated rings. The van der Waals surface area contributed by atoms with Crippen LogP contribution in [-0.2, 0) is 15.6 Å². The number of nitrogens with zero attached hydrogens (tertiary/aromatic N) is 5. The van der Waals surface area contributed by atoms with E-state index >= 15 is 8.78 Å². The minimum Gasteiger partial charge on any atom is -0.468 e. The van der Waals surface area contributed by atoms with Gasteiger partial charge in [0, 0.05) is 38.0 Å². The lowest BCUT2D eigenvalue weighted by Gasteiger charge is -2.44. The standard InChI is InChI=1S/C52H61F2N5O4Si/c1-7-41-44(53)22-21-36-28-38(62-34-60-6)29-42(45(36)41)47-46(54)48-43(30-55-47)49(58-26-14-16-35(2)31-58)57-50(56-48)61-33-52-24-15-27-59(52)37(23-25-52)32-63-64(51(3,4)5,39-17-10-8-11-18-39)40-19-12-9-13-20-40/h8-13,17-22,28-30,35,37H,7,14-16,23-27,31-34H2,1-6H3/t35-,37+,52+/m1/s1. The number of aromatic nitrogens is 3. The summed E-state index contributed by atoms with van der Waals surface area (Å²) in [7, 11) is -1.19. The van der Waals surface area contributed by atoms with Crippen LogP contribution in [0.5, 0.6) is 11.8 Å². The quantitative estimate of drug-likeness (QED) is 0.0785. The number of pyridine rings is 1. The molecule has 2 aromatic heterocycles. The number of rotatable bonds is 14. The number of hydrogen-bond donors (Lipinski definition) is 0. The molecule has 0 aliphatic carbocycles. The normalized spacial score (nSPS) is 20.6. The van der Waals surface area contributed by atoms with Gasteiger partial charge in [0.1, 0.15) is 35.2 Å². The van der Waals surface area contributed by atoms with E-state index in [-0.39, 0.29) is 46.5 Å². The molecule has 336 valence electrons. The Hall–Kier alpha value is -5.01. The van der Waals surface area contributed by atoms with Crippen molar-refractivity contribution in [2.75, 3.05) is 51.7 Å². The van der Waals surface area contributed by atoms with E-state index in [9.17, 15) is 0 Å². The second kappa shape index (κ2) is 18.1. The maximum absolute atomic E-state index is 17.5. The molecule has 3 saturated heterocycles. The lowest BCUT2D eigenvalue weighted by atomic mass is 9.94. The number of ether oxygens (including phenoxy) is 3. The minimum absolute atomic E-state index is 0.000557. The van der Waals surface area contributed by atoms with Crippen molar-refractivity contribution in [2.45, 2.75) is 96.2 Å². The predicted octanol–water partition coefficient (Wildman–Crippen LogP) is 9.86. The summed E-state index contributed by atoms with van der Waals surface area (Å²) in [4.78, 5) is 19.5. The summed E-state index contributed by atoms with van der Waals surface area (Å²) < 4.78 is 58.2. The predicted molar refractivity (Wildman–Crippen MR) is 253 cm³/mol. The molecule has 4 aromatic carbocycles. The SMILES string of the molecule is CCc1c(F)ccc2cc(OCOC)cc(-c3ncc4c(N5CCC[C@@H](C)C5)nc(OC[C@@]56CCCN5[C@H](CO[Si](c5ccccc5)(c5ccccc5)C(C)(C)C)CC6)nc4c3F)c12.